The monoisotopic (exact) mass is 326 g/mol. The van der Waals surface area contributed by atoms with E-state index in [4.69, 9.17) is 0 Å². The molecule has 0 aliphatic rings. The van der Waals surface area contributed by atoms with Crippen LogP contribution in [0, 0.1) is 17.5 Å². The van der Waals surface area contributed by atoms with Crippen LogP contribution >= 0.6 is 0 Å². The van der Waals surface area contributed by atoms with Gasteiger partial charge >= 0.3 is 0 Å². The summed E-state index contributed by atoms with van der Waals surface area (Å²) in [7, 11) is 0. The molecular formula is C16H17F3N2O2. The highest BCUT2D eigenvalue weighted by molar-refractivity contribution is 5.93. The summed E-state index contributed by atoms with van der Waals surface area (Å²) in [6, 6.07) is 3.78. The molecule has 7 heteroatoms. The standard InChI is InChI=1S/C16H17F3N2O2/c1-9(2)21-5-3-4-14(21)16(23)20-13(8-22)10-6-11(17)15(19)12(18)7-10/h3-7,9,13,22H,8H2,1-2H3,(H,20,23). The van der Waals surface area contributed by atoms with Gasteiger partial charge in [0.25, 0.3) is 5.91 Å². The second-order valence-corrected chi connectivity index (χ2v) is 5.40. The zero-order chi connectivity index (χ0) is 17.1. The van der Waals surface area contributed by atoms with Gasteiger partial charge in [-0.1, -0.05) is 0 Å². The topological polar surface area (TPSA) is 54.3 Å². The number of nitrogens with one attached hydrogen (secondary N) is 1. The molecule has 124 valence electrons. The third kappa shape index (κ3) is 3.56. The Morgan fingerprint density at radius 3 is 2.39 bits per heavy atom. The van der Waals surface area contributed by atoms with Gasteiger partial charge in [0.15, 0.2) is 17.5 Å². The molecule has 0 bridgehead atoms. The largest absolute Gasteiger partial charge is 0.394 e. The van der Waals surface area contributed by atoms with E-state index in [-0.39, 0.29) is 11.6 Å². The van der Waals surface area contributed by atoms with E-state index in [9.17, 15) is 23.1 Å². The minimum Gasteiger partial charge on any atom is -0.394 e. The minimum atomic E-state index is -1.59. The fraction of sp³-hybridized carbons (Fsp3) is 0.312. The summed E-state index contributed by atoms with van der Waals surface area (Å²) in [4.78, 5) is 12.3. The molecule has 0 saturated carbocycles. The Kier molecular flexibility index (Phi) is 5.10. The second kappa shape index (κ2) is 6.87. The Balaban J connectivity index is 2.26. The van der Waals surface area contributed by atoms with Gasteiger partial charge in [-0.3, -0.25) is 4.79 Å². The van der Waals surface area contributed by atoms with Crippen LogP contribution in [0.1, 0.15) is 42.0 Å². The highest BCUT2D eigenvalue weighted by Gasteiger charge is 2.21. The quantitative estimate of drug-likeness (QED) is 0.830. The molecule has 0 saturated heterocycles. The predicted octanol–water partition coefficient (Wildman–Crippen LogP) is 2.95. The lowest BCUT2D eigenvalue weighted by molar-refractivity contribution is 0.0905. The molecule has 0 spiro atoms. The summed E-state index contributed by atoms with van der Waals surface area (Å²) >= 11 is 0. The lowest BCUT2D eigenvalue weighted by Crippen LogP contribution is -2.32. The maximum absolute atomic E-state index is 13.3. The van der Waals surface area contributed by atoms with E-state index in [1.54, 1.807) is 22.9 Å². The van der Waals surface area contributed by atoms with Crippen molar-refractivity contribution in [3.05, 3.63) is 59.2 Å². The van der Waals surface area contributed by atoms with Crippen LogP contribution in [-0.2, 0) is 0 Å². The number of rotatable bonds is 5. The van der Waals surface area contributed by atoms with Gasteiger partial charge in [0.1, 0.15) is 5.69 Å². The molecule has 0 aliphatic heterocycles. The number of halogens is 3. The van der Waals surface area contributed by atoms with E-state index in [1.165, 1.54) is 0 Å². The van der Waals surface area contributed by atoms with Crippen molar-refractivity contribution in [3.8, 4) is 0 Å². The van der Waals surface area contributed by atoms with Crippen LogP contribution < -0.4 is 5.32 Å². The number of hydrogen-bond donors (Lipinski definition) is 2. The van der Waals surface area contributed by atoms with E-state index >= 15 is 0 Å². The maximum atomic E-state index is 13.3. The van der Waals surface area contributed by atoms with Crippen LogP contribution in [0.5, 0.6) is 0 Å². The van der Waals surface area contributed by atoms with Crippen molar-refractivity contribution in [1.82, 2.24) is 9.88 Å². The van der Waals surface area contributed by atoms with Gasteiger partial charge in [0, 0.05) is 12.2 Å². The number of aromatic nitrogens is 1. The zero-order valence-electron chi connectivity index (χ0n) is 12.7. The van der Waals surface area contributed by atoms with Crippen molar-refractivity contribution in [3.63, 3.8) is 0 Å². The molecule has 2 aromatic rings. The summed E-state index contributed by atoms with van der Waals surface area (Å²) in [6.45, 7) is 3.20. The molecule has 23 heavy (non-hydrogen) atoms. The Hall–Kier alpha value is -2.28. The van der Waals surface area contributed by atoms with Gasteiger partial charge in [0.2, 0.25) is 0 Å². The number of nitrogens with zero attached hydrogens (tertiary/aromatic N) is 1. The smallest absolute Gasteiger partial charge is 0.268 e. The molecule has 0 radical (unpaired) electrons. The Morgan fingerprint density at radius 2 is 1.87 bits per heavy atom. The average Bonchev–Trinajstić information content (AvgIpc) is 2.99. The third-order valence-corrected chi connectivity index (χ3v) is 3.46. The number of carbonyl (C=O) groups excluding carboxylic acids is 1. The van der Waals surface area contributed by atoms with Crippen LogP contribution in [0.4, 0.5) is 13.2 Å². The predicted molar refractivity (Wildman–Crippen MR) is 78.4 cm³/mol. The first-order chi connectivity index (χ1) is 10.8. The molecule has 1 amide bonds. The van der Waals surface area contributed by atoms with Crippen molar-refractivity contribution >= 4 is 5.91 Å². The molecule has 1 heterocycles. The lowest BCUT2D eigenvalue weighted by Gasteiger charge is -2.19. The number of hydrogen-bond acceptors (Lipinski definition) is 2. The normalized spacial score (nSPS) is 12.5. The van der Waals surface area contributed by atoms with E-state index in [0.717, 1.165) is 12.1 Å². The molecule has 0 aliphatic carbocycles. The summed E-state index contributed by atoms with van der Waals surface area (Å²) in [5.41, 5.74) is 0.293. The highest BCUT2D eigenvalue weighted by atomic mass is 19.2. The maximum Gasteiger partial charge on any atom is 0.268 e. The summed E-state index contributed by atoms with van der Waals surface area (Å²) < 4.78 is 41.3. The van der Waals surface area contributed by atoms with Crippen molar-refractivity contribution in [2.45, 2.75) is 25.9 Å². The van der Waals surface area contributed by atoms with Gasteiger partial charge in [-0.25, -0.2) is 13.2 Å². The van der Waals surface area contributed by atoms with Crippen LogP contribution in [0.3, 0.4) is 0 Å². The summed E-state index contributed by atoms with van der Waals surface area (Å²) in [5.74, 6) is -4.85. The Bertz CT molecular complexity index is 690. The first kappa shape index (κ1) is 17.1. The van der Waals surface area contributed by atoms with E-state index in [0.29, 0.717) is 5.69 Å². The van der Waals surface area contributed by atoms with Crippen LogP contribution in [-0.4, -0.2) is 22.2 Å². The molecule has 0 fully saturated rings. The molecule has 1 aromatic carbocycles. The van der Waals surface area contributed by atoms with Crippen molar-refractivity contribution in [2.24, 2.45) is 0 Å². The first-order valence-electron chi connectivity index (χ1n) is 7.08. The minimum absolute atomic E-state index is 0.0408. The zero-order valence-corrected chi connectivity index (χ0v) is 12.7. The highest BCUT2D eigenvalue weighted by Crippen LogP contribution is 2.20. The molecule has 4 nitrogen and oxygen atoms in total. The van der Waals surface area contributed by atoms with E-state index < -0.39 is 36.0 Å². The average molecular weight is 326 g/mol. The molecule has 1 atom stereocenters. The van der Waals surface area contributed by atoms with Gasteiger partial charge in [-0.05, 0) is 43.7 Å². The van der Waals surface area contributed by atoms with E-state index in [2.05, 4.69) is 5.32 Å². The SMILES string of the molecule is CC(C)n1cccc1C(=O)NC(CO)c1cc(F)c(F)c(F)c1. The Morgan fingerprint density at radius 1 is 1.26 bits per heavy atom. The molecule has 1 unspecified atom stereocenters. The number of amides is 1. The van der Waals surface area contributed by atoms with Crippen LogP contribution in [0.2, 0.25) is 0 Å². The van der Waals surface area contributed by atoms with Gasteiger partial charge < -0.3 is 15.0 Å². The number of carbonyl (C=O) groups is 1. The number of aliphatic hydroxyl groups excluding tert-OH is 1. The van der Waals surface area contributed by atoms with Gasteiger partial charge in [-0.2, -0.15) is 0 Å². The van der Waals surface area contributed by atoms with Gasteiger partial charge in [-0.15, -0.1) is 0 Å². The molecule has 2 rings (SSSR count). The number of benzene rings is 1. The summed E-state index contributed by atoms with van der Waals surface area (Å²) in [5, 5.41) is 11.9. The van der Waals surface area contributed by atoms with Crippen LogP contribution in [0.25, 0.3) is 0 Å². The first-order valence-corrected chi connectivity index (χ1v) is 7.08. The third-order valence-electron chi connectivity index (χ3n) is 3.46. The summed E-state index contributed by atoms with van der Waals surface area (Å²) in [6.07, 6.45) is 1.73. The van der Waals surface area contributed by atoms with Crippen LogP contribution in [0.15, 0.2) is 30.5 Å². The van der Waals surface area contributed by atoms with Gasteiger partial charge in [0.05, 0.1) is 12.6 Å². The van der Waals surface area contributed by atoms with Crippen molar-refractivity contribution < 1.29 is 23.1 Å². The van der Waals surface area contributed by atoms with E-state index in [1.807, 2.05) is 13.8 Å². The molecule has 1 aromatic heterocycles. The molecule has 2 N–H and O–H groups in total. The fourth-order valence-corrected chi connectivity index (χ4v) is 2.28. The number of aliphatic hydroxyl groups is 1. The molecular weight excluding hydrogens is 309 g/mol. The van der Waals surface area contributed by atoms with Crippen molar-refractivity contribution in [1.29, 1.82) is 0 Å². The fourth-order valence-electron chi connectivity index (χ4n) is 2.28. The Labute approximate surface area is 131 Å². The second-order valence-electron chi connectivity index (χ2n) is 5.40. The van der Waals surface area contributed by atoms with Crippen molar-refractivity contribution in [2.75, 3.05) is 6.61 Å². The lowest BCUT2D eigenvalue weighted by atomic mass is 10.1.